The van der Waals surface area contributed by atoms with E-state index in [2.05, 4.69) is 6.92 Å². The Bertz CT molecular complexity index is 248. The first-order valence-corrected chi connectivity index (χ1v) is 8.97. The van der Waals surface area contributed by atoms with Gasteiger partial charge in [0.2, 0.25) is 6.43 Å². The van der Waals surface area contributed by atoms with Crippen molar-refractivity contribution in [1.82, 2.24) is 0 Å². The minimum Gasteiger partial charge on any atom is -0.211 e. The molecule has 2 aliphatic rings. The van der Waals surface area contributed by atoms with Gasteiger partial charge in [0.1, 0.15) is 0 Å². The normalized spacial score (nSPS) is 35.4. The zero-order chi connectivity index (χ0) is 14.4. The second kappa shape index (κ2) is 8.34. The van der Waals surface area contributed by atoms with Crippen molar-refractivity contribution in [3.05, 3.63) is 0 Å². The third kappa shape index (κ3) is 5.00. The van der Waals surface area contributed by atoms with Crippen molar-refractivity contribution >= 4 is 0 Å². The van der Waals surface area contributed by atoms with Crippen LogP contribution in [0.1, 0.15) is 84.0 Å². The minimum atomic E-state index is -2.09. The molecule has 118 valence electrons. The molecule has 2 heteroatoms. The van der Waals surface area contributed by atoms with Crippen molar-refractivity contribution in [3.8, 4) is 0 Å². The average molecular weight is 286 g/mol. The maximum absolute atomic E-state index is 12.4. The van der Waals surface area contributed by atoms with Crippen molar-refractivity contribution in [1.29, 1.82) is 0 Å². The largest absolute Gasteiger partial charge is 0.238 e. The highest BCUT2D eigenvalue weighted by atomic mass is 19.3. The average Bonchev–Trinajstić information content (AvgIpc) is 2.46. The van der Waals surface area contributed by atoms with Gasteiger partial charge in [-0.1, -0.05) is 39.0 Å². The fourth-order valence-corrected chi connectivity index (χ4v) is 4.59. The molecule has 2 rings (SSSR count). The van der Waals surface area contributed by atoms with E-state index >= 15 is 0 Å². The molecule has 0 aromatic rings. The van der Waals surface area contributed by atoms with E-state index in [1.807, 2.05) is 0 Å². The number of halogens is 2. The molecule has 0 N–H and O–H groups in total. The molecule has 0 amide bonds. The van der Waals surface area contributed by atoms with Gasteiger partial charge >= 0.3 is 0 Å². The van der Waals surface area contributed by atoms with E-state index in [9.17, 15) is 8.78 Å². The van der Waals surface area contributed by atoms with E-state index in [4.69, 9.17) is 0 Å². The minimum absolute atomic E-state index is 0.149. The summed E-state index contributed by atoms with van der Waals surface area (Å²) in [5, 5.41) is 0. The molecule has 0 nitrogen and oxygen atoms in total. The Kier molecular flexibility index (Phi) is 6.77. The summed E-state index contributed by atoms with van der Waals surface area (Å²) in [6.45, 7) is 2.28. The standard InChI is InChI=1S/C18H32F2/c1-2-3-4-14-5-9-16(10-6-14)17-11-7-15(8-12-17)13-18(19)20/h14-18H,2-13H2,1H3. The molecular formula is C18H32F2. The molecule has 0 bridgehead atoms. The number of hydrogen-bond acceptors (Lipinski definition) is 0. The van der Waals surface area contributed by atoms with Crippen LogP contribution >= 0.6 is 0 Å². The molecule has 2 saturated carbocycles. The van der Waals surface area contributed by atoms with Gasteiger partial charge in [0.15, 0.2) is 0 Å². The van der Waals surface area contributed by atoms with Gasteiger partial charge in [0, 0.05) is 6.42 Å². The Morgan fingerprint density at radius 1 is 0.800 bits per heavy atom. The summed E-state index contributed by atoms with van der Waals surface area (Å²) in [5.74, 6) is 3.07. The molecule has 0 aromatic carbocycles. The SMILES string of the molecule is CCCCC1CCC(C2CCC(CC(F)F)CC2)CC1. The fraction of sp³-hybridized carbons (Fsp3) is 1.00. The molecule has 0 heterocycles. The topological polar surface area (TPSA) is 0 Å². The summed E-state index contributed by atoms with van der Waals surface area (Å²) in [7, 11) is 0. The Morgan fingerprint density at radius 2 is 1.30 bits per heavy atom. The van der Waals surface area contributed by atoms with Crippen molar-refractivity contribution in [2.45, 2.75) is 90.4 Å². The van der Waals surface area contributed by atoms with Crippen molar-refractivity contribution in [3.63, 3.8) is 0 Å². The lowest BCUT2D eigenvalue weighted by Crippen LogP contribution is -2.26. The van der Waals surface area contributed by atoms with Gasteiger partial charge in [-0.05, 0) is 62.2 Å². The van der Waals surface area contributed by atoms with Crippen LogP contribution in [0.15, 0.2) is 0 Å². The first kappa shape index (κ1) is 16.2. The molecule has 20 heavy (non-hydrogen) atoms. The van der Waals surface area contributed by atoms with Crippen LogP contribution in [-0.2, 0) is 0 Å². The summed E-state index contributed by atoms with van der Waals surface area (Å²) in [6.07, 6.45) is 12.5. The lowest BCUT2D eigenvalue weighted by atomic mass is 9.68. The summed E-state index contributed by atoms with van der Waals surface area (Å²) in [6, 6.07) is 0. The van der Waals surface area contributed by atoms with Crippen LogP contribution in [0, 0.1) is 23.7 Å². The van der Waals surface area contributed by atoms with E-state index in [-0.39, 0.29) is 6.42 Å². The van der Waals surface area contributed by atoms with E-state index < -0.39 is 6.43 Å². The fourth-order valence-electron chi connectivity index (χ4n) is 4.59. The van der Waals surface area contributed by atoms with E-state index in [1.165, 1.54) is 57.8 Å². The van der Waals surface area contributed by atoms with Gasteiger partial charge in [-0.3, -0.25) is 0 Å². The Balaban J connectivity index is 1.65. The van der Waals surface area contributed by atoms with Gasteiger partial charge in [0.05, 0.1) is 0 Å². The van der Waals surface area contributed by atoms with Gasteiger partial charge in [-0.15, -0.1) is 0 Å². The van der Waals surface area contributed by atoms with Crippen molar-refractivity contribution in [2.24, 2.45) is 23.7 Å². The highest BCUT2D eigenvalue weighted by Crippen LogP contribution is 2.43. The highest BCUT2D eigenvalue weighted by molar-refractivity contribution is 4.82. The molecule has 2 fully saturated rings. The highest BCUT2D eigenvalue weighted by Gasteiger charge is 2.31. The van der Waals surface area contributed by atoms with Crippen LogP contribution < -0.4 is 0 Å². The molecular weight excluding hydrogens is 254 g/mol. The van der Waals surface area contributed by atoms with Crippen LogP contribution in [0.5, 0.6) is 0 Å². The molecule has 0 unspecified atom stereocenters. The summed E-state index contributed by atoms with van der Waals surface area (Å²) < 4.78 is 24.8. The molecule has 0 saturated heterocycles. The van der Waals surface area contributed by atoms with Gasteiger partial charge in [0.25, 0.3) is 0 Å². The van der Waals surface area contributed by atoms with Crippen LogP contribution in [0.2, 0.25) is 0 Å². The number of alkyl halides is 2. The molecule has 0 atom stereocenters. The van der Waals surface area contributed by atoms with E-state index in [0.29, 0.717) is 5.92 Å². The number of hydrogen-bond donors (Lipinski definition) is 0. The summed E-state index contributed by atoms with van der Waals surface area (Å²) in [5.41, 5.74) is 0. The van der Waals surface area contributed by atoms with Crippen LogP contribution in [0.25, 0.3) is 0 Å². The monoisotopic (exact) mass is 286 g/mol. The van der Waals surface area contributed by atoms with Gasteiger partial charge in [-0.25, -0.2) is 8.78 Å². The quantitative estimate of drug-likeness (QED) is 0.526. The Labute approximate surface area is 123 Å². The predicted octanol–water partition coefficient (Wildman–Crippen LogP) is 6.44. The van der Waals surface area contributed by atoms with Crippen LogP contribution in [-0.4, -0.2) is 6.43 Å². The van der Waals surface area contributed by atoms with Crippen LogP contribution in [0.3, 0.4) is 0 Å². The lowest BCUT2D eigenvalue weighted by molar-refractivity contribution is 0.0832. The second-order valence-corrected chi connectivity index (χ2v) is 7.33. The smallest absolute Gasteiger partial charge is 0.211 e. The molecule has 0 aliphatic heterocycles. The van der Waals surface area contributed by atoms with E-state index in [0.717, 1.165) is 30.6 Å². The third-order valence-electron chi connectivity index (χ3n) is 5.93. The predicted molar refractivity (Wildman–Crippen MR) is 81.0 cm³/mol. The van der Waals surface area contributed by atoms with Gasteiger partial charge < -0.3 is 0 Å². The van der Waals surface area contributed by atoms with Crippen molar-refractivity contribution < 1.29 is 8.78 Å². The number of unbranched alkanes of at least 4 members (excludes halogenated alkanes) is 1. The Morgan fingerprint density at radius 3 is 1.75 bits per heavy atom. The lowest BCUT2D eigenvalue weighted by Gasteiger charge is -2.38. The Hall–Kier alpha value is -0.140. The van der Waals surface area contributed by atoms with Gasteiger partial charge in [-0.2, -0.15) is 0 Å². The number of rotatable bonds is 6. The first-order valence-electron chi connectivity index (χ1n) is 8.97. The zero-order valence-corrected chi connectivity index (χ0v) is 13.1. The zero-order valence-electron chi connectivity index (χ0n) is 13.1. The van der Waals surface area contributed by atoms with E-state index in [1.54, 1.807) is 0 Å². The van der Waals surface area contributed by atoms with Crippen molar-refractivity contribution in [2.75, 3.05) is 0 Å². The molecule has 2 aliphatic carbocycles. The summed E-state index contributed by atoms with van der Waals surface area (Å²) in [4.78, 5) is 0. The first-order chi connectivity index (χ1) is 9.69. The maximum atomic E-state index is 12.4. The maximum Gasteiger partial charge on any atom is 0.238 e. The van der Waals surface area contributed by atoms with Crippen LogP contribution in [0.4, 0.5) is 8.78 Å². The summed E-state index contributed by atoms with van der Waals surface area (Å²) >= 11 is 0. The molecule has 0 spiro atoms. The third-order valence-corrected chi connectivity index (χ3v) is 5.93. The molecule has 0 aromatic heterocycles. The molecule has 0 radical (unpaired) electrons. The second-order valence-electron chi connectivity index (χ2n) is 7.33.